The van der Waals surface area contributed by atoms with E-state index in [4.69, 9.17) is 9.79 Å². The van der Waals surface area contributed by atoms with Gasteiger partial charge in [-0.2, -0.15) is 10.2 Å². The van der Waals surface area contributed by atoms with Crippen molar-refractivity contribution in [2.75, 3.05) is 0 Å². The van der Waals surface area contributed by atoms with Gasteiger partial charge in [0, 0.05) is 0 Å². The molecule has 0 unspecified atom stereocenters. The fourth-order valence-electron chi connectivity index (χ4n) is 0.863. The first-order valence-corrected chi connectivity index (χ1v) is 7.60. The third kappa shape index (κ3) is 7.85. The van der Waals surface area contributed by atoms with E-state index in [2.05, 4.69) is 9.53 Å². The Labute approximate surface area is 147 Å². The summed E-state index contributed by atoms with van der Waals surface area (Å²) in [6.07, 6.45) is 0. The number of hydrogen-bond donors (Lipinski definition) is 6. The van der Waals surface area contributed by atoms with Gasteiger partial charge in [-0.05, 0) is 0 Å². The second-order valence-electron chi connectivity index (χ2n) is 3.03. The summed E-state index contributed by atoms with van der Waals surface area (Å²) in [7, 11) is -8.17. The quantitative estimate of drug-likeness (QED) is 0.176. The molecule has 4 amide bonds. The molecule has 0 atom stereocenters. The number of amidine groups is 2. The number of urea groups is 2. The van der Waals surface area contributed by atoms with E-state index >= 15 is 0 Å². The molecule has 112 valence electrons. The van der Waals surface area contributed by atoms with E-state index < -0.39 is 40.1 Å². The summed E-state index contributed by atoms with van der Waals surface area (Å²) in [6, 6.07) is -4.22. The third-order valence-corrected chi connectivity index (χ3v) is 3.29. The SMILES string of the molecule is O=C1NC(=O)N[P+]([O-])(O)N1.[Ca+2].[O-]C1=N[P+]([O-])(O)N=C([O-])N1. The van der Waals surface area contributed by atoms with Gasteiger partial charge in [-0.1, -0.05) is 9.53 Å². The maximum absolute atomic E-state index is 10.5. The first-order valence-electron chi connectivity index (χ1n) is 4.38. The smallest absolute Gasteiger partial charge is 0.843 e. The molecule has 6 N–H and O–H groups in total. The minimum absolute atomic E-state index is 0. The minimum Gasteiger partial charge on any atom is -0.843 e. The average Bonchev–Trinajstić information content (AvgIpc) is 2.08. The molecule has 1 fully saturated rings. The molecule has 1 saturated heterocycles. The number of hydrogen-bond acceptors (Lipinski definition) is 11. The molecule has 0 radical (unpaired) electrons. The van der Waals surface area contributed by atoms with Crippen LogP contribution in [0, 0.1) is 0 Å². The Kier molecular flexibility index (Phi) is 7.42. The molecule has 2 rings (SSSR count). The standard InChI is InChI=1S/2C2H4N3O4P.Ca/c2*6-1-3-2(7)5-10(8,9)4-1;/h2*(H4,3,4,5,6,7,8,9);/q;;+2/p-2. The summed E-state index contributed by atoms with van der Waals surface area (Å²) in [5.41, 5.74) is 0. The van der Waals surface area contributed by atoms with E-state index in [1.54, 1.807) is 20.8 Å². The fourth-order valence-corrected chi connectivity index (χ4v) is 2.20. The average molecular weight is 368 g/mol. The molecule has 21 heavy (non-hydrogen) atoms. The zero-order valence-electron chi connectivity index (χ0n) is 9.84. The van der Waals surface area contributed by atoms with Crippen LogP contribution in [0.2, 0.25) is 0 Å². The normalized spacial score (nSPS) is 21.5. The van der Waals surface area contributed by atoms with Crippen molar-refractivity contribution in [1.82, 2.24) is 20.8 Å². The summed E-state index contributed by atoms with van der Waals surface area (Å²) in [4.78, 5) is 58.5. The van der Waals surface area contributed by atoms with E-state index in [-0.39, 0.29) is 37.7 Å². The predicted molar refractivity (Wildman–Crippen MR) is 62.2 cm³/mol. The van der Waals surface area contributed by atoms with Gasteiger partial charge in [0.15, 0.2) is 0 Å². The van der Waals surface area contributed by atoms with Crippen LogP contribution in [0.3, 0.4) is 0 Å². The maximum atomic E-state index is 10.5. The fraction of sp³-hybridized carbons (Fsp3) is 0. The Bertz CT molecular complexity index is 457. The van der Waals surface area contributed by atoms with Gasteiger partial charge in [0.25, 0.3) is 8.02 Å². The zero-order valence-corrected chi connectivity index (χ0v) is 13.8. The summed E-state index contributed by atoms with van der Waals surface area (Å²) in [5.74, 6) is 0. The van der Waals surface area contributed by atoms with Gasteiger partial charge in [0.2, 0.25) is 0 Å². The summed E-state index contributed by atoms with van der Waals surface area (Å²) in [5, 5.41) is 26.9. The first-order chi connectivity index (χ1) is 8.99. The summed E-state index contributed by atoms with van der Waals surface area (Å²) >= 11 is 0. The van der Waals surface area contributed by atoms with E-state index in [1.165, 1.54) is 0 Å². The molecular weight excluding hydrogens is 362 g/mol. The van der Waals surface area contributed by atoms with Crippen molar-refractivity contribution in [2.45, 2.75) is 0 Å². The third-order valence-electron chi connectivity index (χ3n) is 1.39. The molecule has 0 aromatic heterocycles. The van der Waals surface area contributed by atoms with Gasteiger partial charge < -0.3 is 25.3 Å². The van der Waals surface area contributed by atoms with Crippen molar-refractivity contribution in [2.24, 2.45) is 9.53 Å². The molecule has 0 aliphatic carbocycles. The zero-order chi connectivity index (χ0) is 15.6. The Morgan fingerprint density at radius 3 is 1.57 bits per heavy atom. The van der Waals surface area contributed by atoms with Crippen LogP contribution in [0.4, 0.5) is 9.59 Å². The van der Waals surface area contributed by atoms with Gasteiger partial charge in [-0.15, -0.1) is 0 Å². The van der Waals surface area contributed by atoms with Crippen molar-refractivity contribution in [3.63, 3.8) is 0 Å². The molecule has 2 aliphatic heterocycles. The van der Waals surface area contributed by atoms with Gasteiger partial charge in [0.1, 0.15) is 12.0 Å². The Hall–Kier alpha value is -0.560. The Morgan fingerprint density at radius 1 is 0.905 bits per heavy atom. The topological polar surface area (TPSA) is 240 Å². The molecule has 0 bridgehead atoms. The predicted octanol–water partition coefficient (Wildman–Crippen LogP) is -6.29. The molecule has 17 heteroatoms. The summed E-state index contributed by atoms with van der Waals surface area (Å²) in [6.45, 7) is 0. The van der Waals surface area contributed by atoms with E-state index in [0.717, 1.165) is 0 Å². The monoisotopic (exact) mass is 368 g/mol. The van der Waals surface area contributed by atoms with Crippen LogP contribution in [0.5, 0.6) is 0 Å². The van der Waals surface area contributed by atoms with Gasteiger partial charge in [0.05, 0.1) is 0 Å². The van der Waals surface area contributed by atoms with Crippen LogP contribution in [0.25, 0.3) is 0 Å². The molecule has 0 saturated carbocycles. The largest absolute Gasteiger partial charge is 2.00 e. The number of amides is 4. The van der Waals surface area contributed by atoms with Crippen LogP contribution < -0.4 is 40.8 Å². The van der Waals surface area contributed by atoms with Crippen LogP contribution >= 0.6 is 16.0 Å². The molecule has 2 aliphatic rings. The van der Waals surface area contributed by atoms with Crippen molar-refractivity contribution < 1.29 is 39.4 Å². The maximum Gasteiger partial charge on any atom is 2.00 e. The minimum atomic E-state index is -4.21. The summed E-state index contributed by atoms with van der Waals surface area (Å²) < 4.78 is 5.28. The number of rotatable bonds is 0. The van der Waals surface area contributed by atoms with Gasteiger partial charge in [-0.25, -0.2) is 19.4 Å². The van der Waals surface area contributed by atoms with Gasteiger partial charge in [-0.3, -0.25) is 5.32 Å². The van der Waals surface area contributed by atoms with Crippen molar-refractivity contribution in [1.29, 1.82) is 0 Å². The van der Waals surface area contributed by atoms with Crippen molar-refractivity contribution in [3.8, 4) is 0 Å². The van der Waals surface area contributed by atoms with Crippen LogP contribution in [-0.4, -0.2) is 71.6 Å². The molecule has 2 heterocycles. The molecule has 14 nitrogen and oxygen atoms in total. The van der Waals surface area contributed by atoms with Crippen LogP contribution in [0.1, 0.15) is 0 Å². The number of nitrogens with zero attached hydrogens (tertiary/aromatic N) is 2. The van der Waals surface area contributed by atoms with E-state index in [1.807, 2.05) is 0 Å². The first kappa shape index (κ1) is 20.4. The number of carbonyl (C=O) groups is 2. The number of nitrogens with one attached hydrogen (secondary N) is 4. The number of carbonyl (C=O) groups excluding carboxylic acids is 2. The second kappa shape index (κ2) is 7.63. The number of imide groups is 1. The van der Waals surface area contributed by atoms with Crippen molar-refractivity contribution in [3.05, 3.63) is 0 Å². The Balaban J connectivity index is 0.000000364. The Morgan fingerprint density at radius 2 is 1.29 bits per heavy atom. The second-order valence-corrected chi connectivity index (χ2v) is 6.06. The molecular formula is C4H6CaN6O8P2. The van der Waals surface area contributed by atoms with Crippen LogP contribution in [-0.2, 0) is 0 Å². The molecule has 0 aromatic carbocycles. The van der Waals surface area contributed by atoms with E-state index in [0.29, 0.717) is 0 Å². The molecule has 0 aromatic rings. The van der Waals surface area contributed by atoms with Gasteiger partial charge >= 0.3 is 57.8 Å². The van der Waals surface area contributed by atoms with Crippen LogP contribution in [0.15, 0.2) is 9.53 Å². The molecule has 0 spiro atoms. The van der Waals surface area contributed by atoms with E-state index in [9.17, 15) is 29.6 Å². The van der Waals surface area contributed by atoms with Crippen molar-refractivity contribution >= 4 is 77.9 Å².